The Labute approximate surface area is 142 Å². The number of amides is 1. The van der Waals surface area contributed by atoms with Crippen LogP contribution in [0.3, 0.4) is 0 Å². The SMILES string of the molecule is O=C(/C=C/c1ccc[nH]1)N1C[C@H](c2ccccc2)[C@@H]2COCC[C@H]21. The lowest BCUT2D eigenvalue weighted by atomic mass is 9.84. The van der Waals surface area contributed by atoms with Crippen molar-refractivity contribution in [2.45, 2.75) is 18.4 Å². The largest absolute Gasteiger partial charge is 0.381 e. The van der Waals surface area contributed by atoms with Gasteiger partial charge < -0.3 is 14.6 Å². The number of nitrogens with one attached hydrogen (secondary N) is 1. The molecule has 124 valence electrons. The van der Waals surface area contributed by atoms with Crippen LogP contribution in [0.2, 0.25) is 0 Å². The topological polar surface area (TPSA) is 45.3 Å². The Hall–Kier alpha value is -2.33. The van der Waals surface area contributed by atoms with E-state index in [0.29, 0.717) is 11.8 Å². The lowest BCUT2D eigenvalue weighted by molar-refractivity contribution is -0.128. The minimum Gasteiger partial charge on any atom is -0.381 e. The van der Waals surface area contributed by atoms with E-state index in [9.17, 15) is 4.79 Å². The molecule has 4 nitrogen and oxygen atoms in total. The molecule has 2 fully saturated rings. The van der Waals surface area contributed by atoms with Gasteiger partial charge in [0.25, 0.3) is 0 Å². The molecule has 2 aliphatic heterocycles. The standard InChI is InChI=1S/C20H22N2O2/c23-20(9-8-16-7-4-11-21-16)22-13-17(15-5-2-1-3-6-15)18-14-24-12-10-19(18)22/h1-9,11,17-19,21H,10,12-14H2/b9-8+/t17-,18+,19-/m1/s1. The lowest BCUT2D eigenvalue weighted by Gasteiger charge is -2.32. The van der Waals surface area contributed by atoms with Gasteiger partial charge in [0.2, 0.25) is 5.91 Å². The molecule has 2 aromatic rings. The van der Waals surface area contributed by atoms with E-state index in [1.54, 1.807) is 6.08 Å². The Morgan fingerprint density at radius 1 is 1.21 bits per heavy atom. The second-order valence-electron chi connectivity index (χ2n) is 6.56. The summed E-state index contributed by atoms with van der Waals surface area (Å²) in [4.78, 5) is 17.9. The quantitative estimate of drug-likeness (QED) is 0.883. The van der Waals surface area contributed by atoms with Crippen molar-refractivity contribution >= 4 is 12.0 Å². The molecule has 0 saturated carbocycles. The molecular weight excluding hydrogens is 300 g/mol. The highest BCUT2D eigenvalue weighted by atomic mass is 16.5. The van der Waals surface area contributed by atoms with Crippen LogP contribution in [-0.2, 0) is 9.53 Å². The van der Waals surface area contributed by atoms with Crippen molar-refractivity contribution in [3.05, 3.63) is 66.0 Å². The molecule has 0 spiro atoms. The normalized spacial score (nSPS) is 26.7. The maximum atomic E-state index is 12.8. The lowest BCUT2D eigenvalue weighted by Crippen LogP contribution is -2.41. The molecule has 0 radical (unpaired) electrons. The average molecular weight is 322 g/mol. The zero-order chi connectivity index (χ0) is 16.4. The number of benzene rings is 1. The molecule has 1 amide bonds. The van der Waals surface area contributed by atoms with Crippen LogP contribution in [-0.4, -0.2) is 41.6 Å². The highest BCUT2D eigenvalue weighted by Gasteiger charge is 2.45. The van der Waals surface area contributed by atoms with Crippen molar-refractivity contribution < 1.29 is 9.53 Å². The fourth-order valence-electron chi connectivity index (χ4n) is 4.01. The van der Waals surface area contributed by atoms with Crippen LogP contribution in [0.5, 0.6) is 0 Å². The van der Waals surface area contributed by atoms with E-state index in [1.165, 1.54) is 5.56 Å². The smallest absolute Gasteiger partial charge is 0.246 e. The monoisotopic (exact) mass is 322 g/mol. The second-order valence-corrected chi connectivity index (χ2v) is 6.56. The summed E-state index contributed by atoms with van der Waals surface area (Å²) in [5, 5.41) is 0. The number of H-pyrrole nitrogens is 1. The van der Waals surface area contributed by atoms with Gasteiger partial charge in [-0.3, -0.25) is 4.79 Å². The van der Waals surface area contributed by atoms with Crippen LogP contribution >= 0.6 is 0 Å². The Morgan fingerprint density at radius 2 is 2.08 bits per heavy atom. The number of nitrogens with zero attached hydrogens (tertiary/aromatic N) is 1. The molecule has 0 aliphatic carbocycles. The number of likely N-dealkylation sites (tertiary alicyclic amines) is 1. The van der Waals surface area contributed by atoms with Crippen molar-refractivity contribution in [1.82, 2.24) is 9.88 Å². The van der Waals surface area contributed by atoms with E-state index in [1.807, 2.05) is 35.4 Å². The summed E-state index contributed by atoms with van der Waals surface area (Å²) < 4.78 is 5.72. The third-order valence-corrected chi connectivity index (χ3v) is 5.21. The Bertz CT molecular complexity index is 709. The molecule has 1 aromatic carbocycles. The van der Waals surface area contributed by atoms with Gasteiger partial charge in [0.1, 0.15) is 0 Å². The van der Waals surface area contributed by atoms with Crippen molar-refractivity contribution in [3.63, 3.8) is 0 Å². The zero-order valence-electron chi connectivity index (χ0n) is 13.6. The van der Waals surface area contributed by atoms with Crippen molar-refractivity contribution in [3.8, 4) is 0 Å². The average Bonchev–Trinajstić information content (AvgIpc) is 3.28. The number of hydrogen-bond acceptors (Lipinski definition) is 2. The number of aromatic nitrogens is 1. The molecule has 4 rings (SSSR count). The first-order valence-electron chi connectivity index (χ1n) is 8.57. The first-order chi connectivity index (χ1) is 11.8. The number of carbonyl (C=O) groups is 1. The summed E-state index contributed by atoms with van der Waals surface area (Å²) in [6, 6.07) is 14.7. The van der Waals surface area contributed by atoms with Crippen molar-refractivity contribution in [2.75, 3.05) is 19.8 Å². The van der Waals surface area contributed by atoms with Gasteiger partial charge >= 0.3 is 0 Å². The van der Waals surface area contributed by atoms with Gasteiger partial charge in [-0.2, -0.15) is 0 Å². The molecule has 3 heterocycles. The first-order valence-corrected chi connectivity index (χ1v) is 8.57. The molecule has 2 aliphatic rings. The van der Waals surface area contributed by atoms with Gasteiger partial charge in [-0.25, -0.2) is 0 Å². The number of hydrogen-bond donors (Lipinski definition) is 1. The maximum absolute atomic E-state index is 12.8. The fraction of sp³-hybridized carbons (Fsp3) is 0.350. The molecule has 0 bridgehead atoms. The summed E-state index contributed by atoms with van der Waals surface area (Å²) in [7, 11) is 0. The molecule has 24 heavy (non-hydrogen) atoms. The summed E-state index contributed by atoms with van der Waals surface area (Å²) in [5.41, 5.74) is 2.26. The van der Waals surface area contributed by atoms with Gasteiger partial charge in [0.05, 0.1) is 6.61 Å². The molecule has 1 N–H and O–H groups in total. The molecular formula is C20H22N2O2. The van der Waals surface area contributed by atoms with E-state index in [2.05, 4.69) is 29.2 Å². The van der Waals surface area contributed by atoms with Gasteiger partial charge in [0.15, 0.2) is 0 Å². The van der Waals surface area contributed by atoms with Gasteiger partial charge in [0, 0.05) is 49.0 Å². The molecule has 1 aromatic heterocycles. The van der Waals surface area contributed by atoms with Crippen LogP contribution in [0, 0.1) is 5.92 Å². The van der Waals surface area contributed by atoms with Crippen molar-refractivity contribution in [1.29, 1.82) is 0 Å². The van der Waals surface area contributed by atoms with E-state index in [0.717, 1.165) is 31.9 Å². The number of ether oxygens (including phenoxy) is 1. The summed E-state index contributed by atoms with van der Waals surface area (Å²) in [5.74, 6) is 0.850. The Balaban J connectivity index is 1.55. The van der Waals surface area contributed by atoms with Crippen LogP contribution < -0.4 is 0 Å². The highest BCUT2D eigenvalue weighted by Crippen LogP contribution is 2.40. The molecule has 0 unspecified atom stereocenters. The van der Waals surface area contributed by atoms with Gasteiger partial charge in [-0.1, -0.05) is 30.3 Å². The van der Waals surface area contributed by atoms with Crippen molar-refractivity contribution in [2.24, 2.45) is 5.92 Å². The minimum absolute atomic E-state index is 0.0972. The van der Waals surface area contributed by atoms with Crippen LogP contribution in [0.4, 0.5) is 0 Å². The third kappa shape index (κ3) is 2.89. The predicted octanol–water partition coefficient (Wildman–Crippen LogP) is 3.06. The van der Waals surface area contributed by atoms with E-state index < -0.39 is 0 Å². The van der Waals surface area contributed by atoms with E-state index >= 15 is 0 Å². The zero-order valence-corrected chi connectivity index (χ0v) is 13.6. The Morgan fingerprint density at radius 3 is 2.88 bits per heavy atom. The number of aromatic amines is 1. The third-order valence-electron chi connectivity index (χ3n) is 5.21. The van der Waals surface area contributed by atoms with Gasteiger partial charge in [-0.15, -0.1) is 0 Å². The molecule has 2 saturated heterocycles. The molecule has 3 atom stereocenters. The number of fused-ring (bicyclic) bond motifs is 1. The van der Waals surface area contributed by atoms with Gasteiger partial charge in [-0.05, 0) is 30.2 Å². The molecule has 4 heteroatoms. The van der Waals surface area contributed by atoms with E-state index in [-0.39, 0.29) is 11.9 Å². The summed E-state index contributed by atoms with van der Waals surface area (Å²) in [6.07, 6.45) is 6.33. The van der Waals surface area contributed by atoms with Crippen LogP contribution in [0.1, 0.15) is 23.6 Å². The number of rotatable bonds is 3. The summed E-state index contributed by atoms with van der Waals surface area (Å²) in [6.45, 7) is 2.26. The second kappa shape index (κ2) is 6.65. The maximum Gasteiger partial charge on any atom is 0.246 e. The predicted molar refractivity (Wildman–Crippen MR) is 93.4 cm³/mol. The summed E-state index contributed by atoms with van der Waals surface area (Å²) >= 11 is 0. The first kappa shape index (κ1) is 15.2. The van der Waals surface area contributed by atoms with Crippen LogP contribution in [0.15, 0.2) is 54.7 Å². The van der Waals surface area contributed by atoms with Crippen LogP contribution in [0.25, 0.3) is 6.08 Å². The highest BCUT2D eigenvalue weighted by molar-refractivity contribution is 5.92. The Kier molecular flexibility index (Phi) is 4.22. The minimum atomic E-state index is 0.0972. The number of carbonyl (C=O) groups excluding carboxylic acids is 1. The fourth-order valence-corrected chi connectivity index (χ4v) is 4.01. The van der Waals surface area contributed by atoms with E-state index in [4.69, 9.17) is 4.74 Å².